The summed E-state index contributed by atoms with van der Waals surface area (Å²) < 4.78 is 10.4. The Morgan fingerprint density at radius 2 is 1.72 bits per heavy atom. The van der Waals surface area contributed by atoms with Gasteiger partial charge in [0.2, 0.25) is 0 Å². The van der Waals surface area contributed by atoms with Crippen molar-refractivity contribution in [2.45, 2.75) is 0 Å². The Hall–Kier alpha value is -3.61. The molecule has 128 valence electrons. The number of nitrogens with one attached hydrogen (secondary N) is 1. The molecule has 2 aromatic carbocycles. The largest absolute Gasteiger partial charge is 0.457 e. The van der Waals surface area contributed by atoms with Gasteiger partial charge in [-0.2, -0.15) is 0 Å². The van der Waals surface area contributed by atoms with Gasteiger partial charge in [0.1, 0.15) is 11.5 Å². The molecule has 0 aliphatic rings. The van der Waals surface area contributed by atoms with Crippen LogP contribution >= 0.6 is 0 Å². The third-order valence-electron chi connectivity index (χ3n) is 2.86. The lowest BCUT2D eigenvalue weighted by molar-refractivity contribution is -0.143. The van der Waals surface area contributed by atoms with Gasteiger partial charge in [0.25, 0.3) is 5.91 Å². The van der Waals surface area contributed by atoms with E-state index in [1.807, 2.05) is 30.3 Å². The van der Waals surface area contributed by atoms with E-state index in [4.69, 9.17) is 10.5 Å². The van der Waals surface area contributed by atoms with Gasteiger partial charge in [-0.1, -0.05) is 30.3 Å². The maximum Gasteiger partial charge on any atom is 0.331 e. The molecule has 0 fully saturated rings. The van der Waals surface area contributed by atoms with Gasteiger partial charge in [0.15, 0.2) is 6.61 Å². The molecule has 0 spiro atoms. The summed E-state index contributed by atoms with van der Waals surface area (Å²) in [5.41, 5.74) is 5.48. The van der Waals surface area contributed by atoms with Crippen molar-refractivity contribution in [3.8, 4) is 11.5 Å². The van der Waals surface area contributed by atoms with E-state index in [1.165, 1.54) is 12.2 Å². The monoisotopic (exact) mass is 340 g/mol. The van der Waals surface area contributed by atoms with E-state index in [0.717, 1.165) is 0 Å². The van der Waals surface area contributed by atoms with Crippen LogP contribution in [-0.2, 0) is 14.3 Å². The molecule has 3 amide bonds. The SMILES string of the molecule is NC(=O)NC(=O)COC(=O)/C=C/c1cccc(Oc2ccccc2)c1. The number of urea groups is 1. The van der Waals surface area contributed by atoms with Crippen LogP contribution in [0.4, 0.5) is 4.79 Å². The van der Waals surface area contributed by atoms with E-state index in [2.05, 4.69) is 4.74 Å². The standard InChI is InChI=1S/C18H16N2O5/c19-18(23)20-16(21)12-24-17(22)10-9-13-5-4-8-15(11-13)25-14-6-2-1-3-7-14/h1-11H,12H2,(H3,19,20,21,23)/b10-9+. The lowest BCUT2D eigenvalue weighted by Crippen LogP contribution is -2.37. The molecule has 7 heteroatoms. The van der Waals surface area contributed by atoms with Gasteiger partial charge in [-0.05, 0) is 35.9 Å². The third-order valence-corrected chi connectivity index (χ3v) is 2.86. The minimum atomic E-state index is -1.01. The van der Waals surface area contributed by atoms with Gasteiger partial charge in [0.05, 0.1) is 0 Å². The molecule has 0 saturated carbocycles. The maximum absolute atomic E-state index is 11.5. The zero-order valence-corrected chi connectivity index (χ0v) is 13.2. The summed E-state index contributed by atoms with van der Waals surface area (Å²) in [4.78, 5) is 33.1. The first kappa shape index (κ1) is 17.7. The molecule has 25 heavy (non-hydrogen) atoms. The first-order valence-corrected chi connectivity index (χ1v) is 7.30. The van der Waals surface area contributed by atoms with Crippen molar-refractivity contribution in [2.75, 3.05) is 6.61 Å². The number of primary amides is 1. The Bertz CT molecular complexity index is 787. The Balaban J connectivity index is 1.90. The number of carbonyl (C=O) groups excluding carboxylic acids is 3. The number of carbonyl (C=O) groups is 3. The Labute approximate surface area is 144 Å². The number of benzene rings is 2. The first-order valence-electron chi connectivity index (χ1n) is 7.30. The van der Waals surface area contributed by atoms with E-state index >= 15 is 0 Å². The molecule has 3 N–H and O–H groups in total. The summed E-state index contributed by atoms with van der Waals surface area (Å²) in [7, 11) is 0. The number of hydrogen-bond donors (Lipinski definition) is 2. The van der Waals surface area contributed by atoms with E-state index in [-0.39, 0.29) is 0 Å². The minimum absolute atomic E-state index is 0.594. The Morgan fingerprint density at radius 1 is 1.00 bits per heavy atom. The molecule has 0 aliphatic carbocycles. The predicted molar refractivity (Wildman–Crippen MR) is 90.7 cm³/mol. The molecule has 0 radical (unpaired) electrons. The minimum Gasteiger partial charge on any atom is -0.457 e. The third kappa shape index (κ3) is 6.57. The van der Waals surface area contributed by atoms with Crippen LogP contribution in [0.15, 0.2) is 60.7 Å². The van der Waals surface area contributed by atoms with Crippen LogP contribution in [0.25, 0.3) is 6.08 Å². The highest BCUT2D eigenvalue weighted by Crippen LogP contribution is 2.22. The van der Waals surface area contributed by atoms with Crippen molar-refractivity contribution in [2.24, 2.45) is 5.73 Å². The molecule has 2 rings (SSSR count). The van der Waals surface area contributed by atoms with Crippen LogP contribution in [0.2, 0.25) is 0 Å². The number of ether oxygens (including phenoxy) is 2. The van der Waals surface area contributed by atoms with Gasteiger partial charge >= 0.3 is 12.0 Å². The second-order valence-electron chi connectivity index (χ2n) is 4.84. The fourth-order valence-electron chi connectivity index (χ4n) is 1.83. The lowest BCUT2D eigenvalue weighted by atomic mass is 10.2. The highest BCUT2D eigenvalue weighted by atomic mass is 16.5. The molecule has 0 bridgehead atoms. The topological polar surface area (TPSA) is 108 Å². The summed E-state index contributed by atoms with van der Waals surface area (Å²) in [5.74, 6) is -0.215. The summed E-state index contributed by atoms with van der Waals surface area (Å²) >= 11 is 0. The number of esters is 1. The summed E-state index contributed by atoms with van der Waals surface area (Å²) in [5, 5.41) is 1.78. The average Bonchev–Trinajstić information content (AvgIpc) is 2.59. The van der Waals surface area contributed by atoms with Crippen LogP contribution in [0.5, 0.6) is 11.5 Å². The molecule has 7 nitrogen and oxygen atoms in total. The molecule has 0 aromatic heterocycles. The Kier molecular flexibility index (Phi) is 6.30. The van der Waals surface area contributed by atoms with Crippen LogP contribution in [0, 0.1) is 0 Å². The highest BCUT2D eigenvalue weighted by molar-refractivity contribution is 5.95. The van der Waals surface area contributed by atoms with Crippen LogP contribution in [0.3, 0.4) is 0 Å². The molecule has 0 unspecified atom stereocenters. The number of para-hydroxylation sites is 1. The number of rotatable bonds is 6. The Morgan fingerprint density at radius 3 is 2.44 bits per heavy atom. The fourth-order valence-corrected chi connectivity index (χ4v) is 1.83. The number of nitrogens with two attached hydrogens (primary N) is 1. The highest BCUT2D eigenvalue weighted by Gasteiger charge is 2.06. The normalized spacial score (nSPS) is 10.2. The van der Waals surface area contributed by atoms with Crippen LogP contribution in [0.1, 0.15) is 5.56 Å². The zero-order valence-electron chi connectivity index (χ0n) is 13.2. The van der Waals surface area contributed by atoms with Gasteiger partial charge < -0.3 is 15.2 Å². The summed E-state index contributed by atoms with van der Waals surface area (Å²) in [6.45, 7) is -0.594. The maximum atomic E-state index is 11.5. The second-order valence-corrected chi connectivity index (χ2v) is 4.84. The van der Waals surface area contributed by atoms with Gasteiger partial charge in [-0.15, -0.1) is 0 Å². The van der Waals surface area contributed by atoms with Crippen molar-refractivity contribution in [3.63, 3.8) is 0 Å². The fraction of sp³-hybridized carbons (Fsp3) is 0.0556. The van der Waals surface area contributed by atoms with Crippen molar-refractivity contribution in [1.29, 1.82) is 0 Å². The molecule has 2 aromatic rings. The van der Waals surface area contributed by atoms with Crippen molar-refractivity contribution >= 4 is 24.0 Å². The van der Waals surface area contributed by atoms with Crippen LogP contribution < -0.4 is 15.8 Å². The van der Waals surface area contributed by atoms with Crippen LogP contribution in [-0.4, -0.2) is 24.5 Å². The zero-order chi connectivity index (χ0) is 18.1. The van der Waals surface area contributed by atoms with Crippen molar-refractivity contribution in [3.05, 3.63) is 66.2 Å². The average molecular weight is 340 g/mol. The number of amides is 3. The van der Waals surface area contributed by atoms with E-state index in [0.29, 0.717) is 17.1 Å². The predicted octanol–water partition coefficient (Wildman–Crippen LogP) is 2.23. The van der Waals surface area contributed by atoms with Gasteiger partial charge in [0, 0.05) is 6.08 Å². The smallest absolute Gasteiger partial charge is 0.331 e. The van der Waals surface area contributed by atoms with E-state index in [9.17, 15) is 14.4 Å². The number of hydrogen-bond acceptors (Lipinski definition) is 5. The van der Waals surface area contributed by atoms with Crippen molar-refractivity contribution in [1.82, 2.24) is 5.32 Å². The molecular weight excluding hydrogens is 324 g/mol. The molecule has 0 aliphatic heterocycles. The van der Waals surface area contributed by atoms with Gasteiger partial charge in [-0.25, -0.2) is 9.59 Å². The molecule has 0 atom stereocenters. The summed E-state index contributed by atoms with van der Waals surface area (Å²) in [6, 6.07) is 15.4. The second kappa shape index (κ2) is 8.88. The molecule has 0 saturated heterocycles. The summed E-state index contributed by atoms with van der Waals surface area (Å²) in [6.07, 6.45) is 2.69. The first-order chi connectivity index (χ1) is 12.0. The number of imide groups is 1. The quantitative estimate of drug-likeness (QED) is 0.619. The van der Waals surface area contributed by atoms with Gasteiger partial charge in [-0.3, -0.25) is 10.1 Å². The lowest BCUT2D eigenvalue weighted by Gasteiger charge is -2.06. The molecular formula is C18H16N2O5. The van der Waals surface area contributed by atoms with E-state index < -0.39 is 24.5 Å². The molecule has 0 heterocycles. The van der Waals surface area contributed by atoms with Crippen molar-refractivity contribution < 1.29 is 23.9 Å². The van der Waals surface area contributed by atoms with E-state index in [1.54, 1.807) is 29.6 Å².